The van der Waals surface area contributed by atoms with Crippen LogP contribution in [-0.4, -0.2) is 44.3 Å². The molecule has 12 nitrogen and oxygen atoms in total. The first-order valence-corrected chi connectivity index (χ1v) is 11.0. The van der Waals surface area contributed by atoms with Crippen LogP contribution in [0.15, 0.2) is 64.4 Å². The molecule has 39 heavy (non-hydrogen) atoms. The molecular formula is C24H19F3N6O6. The number of carboxylic acid groups (broad SMARTS) is 1. The summed E-state index contributed by atoms with van der Waals surface area (Å²) in [6.45, 7) is 1.06. The van der Waals surface area contributed by atoms with E-state index in [9.17, 15) is 37.1 Å². The number of fused-ring (bicyclic) bond motifs is 1. The summed E-state index contributed by atoms with van der Waals surface area (Å²) in [5.41, 5.74) is -1.99. The molecule has 202 valence electrons. The summed E-state index contributed by atoms with van der Waals surface area (Å²) in [5.74, 6) is -1.88. The lowest BCUT2D eigenvalue weighted by molar-refractivity contribution is -0.137. The molecule has 0 aliphatic rings. The topological polar surface area (TPSA) is 159 Å². The summed E-state index contributed by atoms with van der Waals surface area (Å²) < 4.78 is 43.7. The van der Waals surface area contributed by atoms with Crippen molar-refractivity contribution in [2.75, 3.05) is 22.7 Å². The fourth-order valence-corrected chi connectivity index (χ4v) is 3.71. The Hall–Kier alpha value is -5.34. The Kier molecular flexibility index (Phi) is 6.75. The molecule has 0 fully saturated rings. The van der Waals surface area contributed by atoms with Crippen molar-refractivity contribution in [2.45, 2.75) is 13.1 Å². The number of carbonyl (C=O) groups excluding carboxylic acids is 2. The summed E-state index contributed by atoms with van der Waals surface area (Å²) in [6.07, 6.45) is -2.40. The van der Waals surface area contributed by atoms with Gasteiger partial charge in [0.25, 0.3) is 0 Å². The Bertz CT molecular complexity index is 1740. The molecule has 0 atom stereocenters. The van der Waals surface area contributed by atoms with Gasteiger partial charge in [-0.25, -0.2) is 14.3 Å². The highest BCUT2D eigenvalue weighted by Crippen LogP contribution is 2.36. The Labute approximate surface area is 215 Å². The lowest BCUT2D eigenvalue weighted by Crippen LogP contribution is -2.42. The van der Waals surface area contributed by atoms with Crippen molar-refractivity contribution in [3.63, 3.8) is 0 Å². The molecule has 0 radical (unpaired) electrons. The van der Waals surface area contributed by atoms with Crippen LogP contribution < -0.4 is 26.8 Å². The van der Waals surface area contributed by atoms with Crippen LogP contribution >= 0.6 is 0 Å². The molecule has 2 aromatic heterocycles. The Morgan fingerprint density at radius 3 is 2.31 bits per heavy atom. The van der Waals surface area contributed by atoms with Crippen LogP contribution in [0.5, 0.6) is 0 Å². The van der Waals surface area contributed by atoms with Crippen LogP contribution in [-0.2, 0) is 11.0 Å². The lowest BCUT2D eigenvalue weighted by Gasteiger charge is -2.18. The zero-order valence-electron chi connectivity index (χ0n) is 20.2. The van der Waals surface area contributed by atoms with Crippen molar-refractivity contribution in [1.82, 2.24) is 14.2 Å². The molecule has 0 unspecified atom stereocenters. The first-order valence-electron chi connectivity index (χ1n) is 11.0. The molecule has 0 saturated heterocycles. The summed E-state index contributed by atoms with van der Waals surface area (Å²) in [5, 5.41) is 11.5. The van der Waals surface area contributed by atoms with Crippen molar-refractivity contribution in [3.05, 3.63) is 86.7 Å². The normalized spacial score (nSPS) is 11.3. The van der Waals surface area contributed by atoms with Gasteiger partial charge in [-0.05, 0) is 42.5 Å². The van der Waals surface area contributed by atoms with Crippen molar-refractivity contribution < 1.29 is 32.7 Å². The molecule has 0 saturated carbocycles. The number of hydrogen-bond acceptors (Lipinski definition) is 5. The Balaban J connectivity index is 1.74. The van der Waals surface area contributed by atoms with E-state index in [0.29, 0.717) is 10.7 Å². The number of benzene rings is 2. The summed E-state index contributed by atoms with van der Waals surface area (Å²) >= 11 is 0. The molecule has 4 rings (SSSR count). The predicted molar refractivity (Wildman–Crippen MR) is 134 cm³/mol. The van der Waals surface area contributed by atoms with E-state index in [-0.39, 0.29) is 28.0 Å². The SMILES string of the molecule is CC(=O)Nn1c(=O)c(=O)[nH]c2cc(C(F)(F)F)c(-n3ccc(N(C)C(=O)Nc4ccc(C(=O)O)cc4)c3)cc21. The third kappa shape index (κ3) is 5.36. The van der Waals surface area contributed by atoms with E-state index in [4.69, 9.17) is 5.11 Å². The maximum Gasteiger partial charge on any atom is 0.418 e. The van der Waals surface area contributed by atoms with Crippen molar-refractivity contribution >= 4 is 40.3 Å². The number of urea groups is 1. The van der Waals surface area contributed by atoms with Gasteiger partial charge in [-0.3, -0.25) is 24.7 Å². The number of carboxylic acids is 1. The fraction of sp³-hybridized carbons (Fsp3) is 0.125. The molecule has 2 heterocycles. The minimum absolute atomic E-state index is 0.0160. The third-order valence-corrected chi connectivity index (χ3v) is 5.61. The van der Waals surface area contributed by atoms with Gasteiger partial charge in [0.05, 0.1) is 33.5 Å². The van der Waals surface area contributed by atoms with Crippen molar-refractivity contribution in [3.8, 4) is 5.69 Å². The standard InChI is InChI=1S/C24H19F3N6O6/c1-12(34)30-33-19-10-18(16(24(25,26)27)9-17(19)29-20(35)21(33)36)32-8-7-15(11-32)31(2)23(39)28-14-5-3-13(4-6-14)22(37)38/h3-11H,1-2H3,(H,28,39)(H,29,35)(H,30,34)(H,37,38). The van der Waals surface area contributed by atoms with Crippen LogP contribution in [0, 0.1) is 0 Å². The number of aromatic nitrogens is 3. The number of H-pyrrole nitrogens is 1. The molecule has 0 aliphatic heterocycles. The second-order valence-corrected chi connectivity index (χ2v) is 8.30. The first kappa shape index (κ1) is 26.7. The number of alkyl halides is 3. The van der Waals surface area contributed by atoms with E-state index in [1.165, 1.54) is 49.8 Å². The van der Waals surface area contributed by atoms with E-state index in [2.05, 4.69) is 15.7 Å². The molecule has 0 spiro atoms. The molecule has 0 aliphatic carbocycles. The van der Waals surface area contributed by atoms with Crippen LogP contribution in [0.25, 0.3) is 16.7 Å². The van der Waals surface area contributed by atoms with Crippen LogP contribution in [0.2, 0.25) is 0 Å². The number of carbonyl (C=O) groups is 3. The third-order valence-electron chi connectivity index (χ3n) is 5.61. The van der Waals surface area contributed by atoms with E-state index in [1.807, 2.05) is 0 Å². The van der Waals surface area contributed by atoms with Gasteiger partial charge in [0.1, 0.15) is 0 Å². The number of amides is 3. The average Bonchev–Trinajstić information content (AvgIpc) is 3.35. The number of nitrogens with one attached hydrogen (secondary N) is 3. The van der Waals surface area contributed by atoms with Gasteiger partial charge in [0.15, 0.2) is 0 Å². The maximum atomic E-state index is 14.0. The van der Waals surface area contributed by atoms with Crippen LogP contribution in [0.3, 0.4) is 0 Å². The first-order chi connectivity index (χ1) is 18.3. The molecule has 15 heteroatoms. The van der Waals surface area contributed by atoms with Crippen molar-refractivity contribution in [1.29, 1.82) is 0 Å². The largest absolute Gasteiger partial charge is 0.478 e. The smallest absolute Gasteiger partial charge is 0.418 e. The maximum absolute atomic E-state index is 14.0. The monoisotopic (exact) mass is 544 g/mol. The molecule has 4 N–H and O–H groups in total. The van der Waals surface area contributed by atoms with Gasteiger partial charge >= 0.3 is 29.3 Å². The number of hydrogen-bond donors (Lipinski definition) is 4. The summed E-state index contributed by atoms with van der Waals surface area (Å²) in [6, 6.07) is 7.66. The van der Waals surface area contributed by atoms with E-state index >= 15 is 0 Å². The van der Waals surface area contributed by atoms with Gasteiger partial charge in [0.2, 0.25) is 5.91 Å². The van der Waals surface area contributed by atoms with Gasteiger partial charge in [0, 0.05) is 32.1 Å². The van der Waals surface area contributed by atoms with Gasteiger partial charge in [-0.1, -0.05) is 0 Å². The highest BCUT2D eigenvalue weighted by atomic mass is 19.4. The average molecular weight is 544 g/mol. The Morgan fingerprint density at radius 2 is 1.72 bits per heavy atom. The second kappa shape index (κ2) is 9.85. The minimum atomic E-state index is -4.88. The number of rotatable bonds is 5. The zero-order chi connectivity index (χ0) is 28.6. The van der Waals surface area contributed by atoms with Gasteiger partial charge in [-0.15, -0.1) is 0 Å². The number of halogens is 3. The molecule has 0 bridgehead atoms. The fourth-order valence-electron chi connectivity index (χ4n) is 3.71. The summed E-state index contributed by atoms with van der Waals surface area (Å²) in [7, 11) is 1.37. The van der Waals surface area contributed by atoms with Crippen molar-refractivity contribution in [2.24, 2.45) is 0 Å². The highest BCUT2D eigenvalue weighted by Gasteiger charge is 2.35. The number of aromatic amines is 1. The molecule has 3 amide bonds. The molecule has 2 aromatic carbocycles. The van der Waals surface area contributed by atoms with E-state index < -0.39 is 46.5 Å². The quantitative estimate of drug-likeness (QED) is 0.283. The highest BCUT2D eigenvalue weighted by molar-refractivity contribution is 6.01. The van der Waals surface area contributed by atoms with Gasteiger partial charge < -0.3 is 20.0 Å². The number of nitrogens with zero attached hydrogens (tertiary/aromatic N) is 3. The second-order valence-electron chi connectivity index (χ2n) is 8.30. The van der Waals surface area contributed by atoms with Crippen LogP contribution in [0.4, 0.5) is 29.3 Å². The molecular weight excluding hydrogens is 525 g/mol. The minimum Gasteiger partial charge on any atom is -0.478 e. The van der Waals surface area contributed by atoms with Crippen LogP contribution in [0.1, 0.15) is 22.8 Å². The lowest BCUT2D eigenvalue weighted by atomic mass is 10.1. The number of aromatic carboxylic acids is 1. The van der Waals surface area contributed by atoms with Gasteiger partial charge in [-0.2, -0.15) is 13.2 Å². The number of anilines is 2. The van der Waals surface area contributed by atoms with E-state index in [1.54, 1.807) is 0 Å². The predicted octanol–water partition coefficient (Wildman–Crippen LogP) is 2.96. The van der Waals surface area contributed by atoms with E-state index in [0.717, 1.165) is 22.5 Å². The zero-order valence-corrected chi connectivity index (χ0v) is 20.2. The summed E-state index contributed by atoms with van der Waals surface area (Å²) in [4.78, 5) is 62.7. The molecule has 4 aromatic rings. The Morgan fingerprint density at radius 1 is 1.05 bits per heavy atom.